The first-order chi connectivity index (χ1) is 9.26. The zero-order valence-electron chi connectivity index (χ0n) is 11.1. The van der Waals surface area contributed by atoms with Crippen LogP contribution < -0.4 is 5.73 Å². The van der Waals surface area contributed by atoms with E-state index in [-0.39, 0.29) is 13.2 Å². The number of aliphatic hydroxyl groups is 1. The molecule has 1 aromatic carbocycles. The molecule has 0 radical (unpaired) electrons. The van der Waals surface area contributed by atoms with Crippen molar-refractivity contribution in [1.82, 2.24) is 4.90 Å². The minimum atomic E-state index is -4.34. The second-order valence-corrected chi connectivity index (χ2v) is 5.49. The molecule has 0 bridgehead atoms. The summed E-state index contributed by atoms with van der Waals surface area (Å²) >= 11 is 3.34. The highest BCUT2D eigenvalue weighted by Gasteiger charge is 2.35. The predicted octanol–water partition coefficient (Wildman–Crippen LogP) is 2.69. The summed E-state index contributed by atoms with van der Waals surface area (Å²) in [5, 5.41) is 9.02. The minimum Gasteiger partial charge on any atom is -0.395 e. The van der Waals surface area contributed by atoms with E-state index in [0.29, 0.717) is 10.0 Å². The Morgan fingerprint density at radius 1 is 1.35 bits per heavy atom. The maximum absolute atomic E-state index is 12.7. The van der Waals surface area contributed by atoms with Gasteiger partial charge in [0.05, 0.1) is 19.2 Å². The Morgan fingerprint density at radius 3 is 2.40 bits per heavy atom. The van der Waals surface area contributed by atoms with Crippen LogP contribution in [0.5, 0.6) is 0 Å². The van der Waals surface area contributed by atoms with Crippen molar-refractivity contribution in [2.75, 3.05) is 19.7 Å². The van der Waals surface area contributed by atoms with Crippen molar-refractivity contribution >= 4 is 15.9 Å². The molecule has 3 nitrogen and oxygen atoms in total. The largest absolute Gasteiger partial charge is 0.401 e. The molecule has 3 N–H and O–H groups in total. The van der Waals surface area contributed by atoms with Crippen LogP contribution in [0.3, 0.4) is 0 Å². The van der Waals surface area contributed by atoms with E-state index >= 15 is 0 Å². The number of hydrogen-bond acceptors (Lipinski definition) is 3. The summed E-state index contributed by atoms with van der Waals surface area (Å²) in [5.74, 6) is 0. The van der Waals surface area contributed by atoms with E-state index in [2.05, 4.69) is 15.9 Å². The molecule has 1 aromatic rings. The van der Waals surface area contributed by atoms with Gasteiger partial charge in [0.2, 0.25) is 0 Å². The number of nitrogens with two attached hydrogens (primary N) is 1. The van der Waals surface area contributed by atoms with Gasteiger partial charge in [-0.2, -0.15) is 13.2 Å². The Hall–Kier alpha value is -0.630. The van der Waals surface area contributed by atoms with Crippen molar-refractivity contribution in [3.63, 3.8) is 0 Å². The first-order valence-electron chi connectivity index (χ1n) is 6.18. The average Bonchev–Trinajstić information content (AvgIpc) is 2.29. The zero-order valence-corrected chi connectivity index (χ0v) is 12.7. The first-order valence-corrected chi connectivity index (χ1v) is 6.97. The molecule has 0 spiro atoms. The molecular weight excluding hydrogens is 337 g/mol. The van der Waals surface area contributed by atoms with E-state index in [9.17, 15) is 13.2 Å². The zero-order chi connectivity index (χ0) is 15.3. The molecule has 0 aromatic heterocycles. The molecule has 0 amide bonds. The van der Waals surface area contributed by atoms with Crippen LogP contribution in [0.4, 0.5) is 13.2 Å². The summed E-state index contributed by atoms with van der Waals surface area (Å²) in [6, 6.07) is 5.89. The van der Waals surface area contributed by atoms with Gasteiger partial charge in [0.25, 0.3) is 0 Å². The molecule has 2 atom stereocenters. The molecule has 0 aliphatic heterocycles. The van der Waals surface area contributed by atoms with E-state index in [1.807, 2.05) is 0 Å². The molecule has 7 heteroatoms. The van der Waals surface area contributed by atoms with Crippen LogP contribution in [0.25, 0.3) is 0 Å². The number of benzene rings is 1. The molecule has 0 saturated carbocycles. The third-order valence-electron chi connectivity index (χ3n) is 2.88. The fourth-order valence-corrected chi connectivity index (χ4v) is 2.72. The maximum Gasteiger partial charge on any atom is 0.401 e. The van der Waals surface area contributed by atoms with Crippen molar-refractivity contribution in [3.8, 4) is 0 Å². The number of alkyl halides is 3. The lowest BCUT2D eigenvalue weighted by Crippen LogP contribution is -2.45. The monoisotopic (exact) mass is 354 g/mol. The molecule has 0 aliphatic carbocycles. The Bertz CT molecular complexity index is 426. The molecule has 0 fully saturated rings. The Morgan fingerprint density at radius 2 is 1.95 bits per heavy atom. The number of aliphatic hydroxyl groups excluding tert-OH is 1. The van der Waals surface area contributed by atoms with Crippen LogP contribution in [-0.4, -0.2) is 41.9 Å². The van der Waals surface area contributed by atoms with Gasteiger partial charge in [0.1, 0.15) is 0 Å². The molecule has 0 saturated heterocycles. The third-order valence-corrected chi connectivity index (χ3v) is 3.61. The van der Waals surface area contributed by atoms with Gasteiger partial charge in [-0.05, 0) is 18.6 Å². The van der Waals surface area contributed by atoms with E-state index in [1.165, 1.54) is 0 Å². The molecule has 2 unspecified atom stereocenters. The van der Waals surface area contributed by atoms with Crippen LogP contribution in [0, 0.1) is 0 Å². The summed E-state index contributed by atoms with van der Waals surface area (Å²) < 4.78 is 38.8. The fraction of sp³-hybridized carbons (Fsp3) is 0.538. The van der Waals surface area contributed by atoms with Crippen molar-refractivity contribution in [2.45, 2.75) is 25.2 Å². The van der Waals surface area contributed by atoms with Crippen LogP contribution in [0.2, 0.25) is 0 Å². The van der Waals surface area contributed by atoms with Crippen molar-refractivity contribution in [1.29, 1.82) is 0 Å². The maximum atomic E-state index is 12.7. The Balaban J connectivity index is 3.12. The van der Waals surface area contributed by atoms with Crippen molar-refractivity contribution < 1.29 is 18.3 Å². The molecule has 0 aliphatic rings. The second-order valence-electron chi connectivity index (χ2n) is 4.63. The summed E-state index contributed by atoms with van der Waals surface area (Å²) in [7, 11) is 0. The molecule has 0 heterocycles. The van der Waals surface area contributed by atoms with E-state index in [4.69, 9.17) is 10.8 Å². The Kier molecular flexibility index (Phi) is 6.44. The van der Waals surface area contributed by atoms with Crippen LogP contribution >= 0.6 is 15.9 Å². The van der Waals surface area contributed by atoms with E-state index < -0.39 is 24.8 Å². The Labute approximate surface area is 124 Å². The van der Waals surface area contributed by atoms with Crippen LogP contribution in [-0.2, 0) is 0 Å². The van der Waals surface area contributed by atoms with E-state index in [0.717, 1.165) is 4.90 Å². The number of halogens is 4. The smallest absolute Gasteiger partial charge is 0.395 e. The summed E-state index contributed by atoms with van der Waals surface area (Å²) in [6.45, 7) is 0.1000. The topological polar surface area (TPSA) is 49.5 Å². The standard InChI is InChI=1S/C13H18BrF3N2O/c1-9(18)12(10-4-2-3-5-11(10)14)19(6-7-20)8-13(15,16)17/h2-5,9,12,20H,6-8,18H2,1H3. The lowest BCUT2D eigenvalue weighted by molar-refractivity contribution is -0.153. The molecule has 1 rings (SSSR count). The van der Waals surface area contributed by atoms with Gasteiger partial charge in [0.15, 0.2) is 0 Å². The average molecular weight is 355 g/mol. The van der Waals surface area contributed by atoms with Gasteiger partial charge in [0, 0.05) is 17.1 Å². The van der Waals surface area contributed by atoms with Gasteiger partial charge in [-0.3, -0.25) is 4.90 Å². The minimum absolute atomic E-state index is 0.0902. The number of rotatable bonds is 6. The summed E-state index contributed by atoms with van der Waals surface area (Å²) in [6.07, 6.45) is -4.34. The molecular formula is C13H18BrF3N2O. The number of nitrogens with zero attached hydrogens (tertiary/aromatic N) is 1. The van der Waals surface area contributed by atoms with Gasteiger partial charge in [-0.1, -0.05) is 34.1 Å². The van der Waals surface area contributed by atoms with Gasteiger partial charge in [-0.15, -0.1) is 0 Å². The SMILES string of the molecule is CC(N)C(c1ccccc1Br)N(CCO)CC(F)(F)F. The highest BCUT2D eigenvalue weighted by atomic mass is 79.9. The highest BCUT2D eigenvalue weighted by molar-refractivity contribution is 9.10. The van der Waals surface area contributed by atoms with Crippen LogP contribution in [0.1, 0.15) is 18.5 Å². The van der Waals surface area contributed by atoms with Crippen molar-refractivity contribution in [3.05, 3.63) is 34.3 Å². The fourth-order valence-electron chi connectivity index (χ4n) is 2.20. The van der Waals surface area contributed by atoms with Gasteiger partial charge >= 0.3 is 6.18 Å². The summed E-state index contributed by atoms with van der Waals surface area (Å²) in [4.78, 5) is 1.16. The normalized spacial score (nSPS) is 15.4. The lowest BCUT2D eigenvalue weighted by Gasteiger charge is -2.35. The first kappa shape index (κ1) is 17.4. The highest BCUT2D eigenvalue weighted by Crippen LogP contribution is 2.31. The van der Waals surface area contributed by atoms with E-state index in [1.54, 1.807) is 31.2 Å². The van der Waals surface area contributed by atoms with Gasteiger partial charge in [-0.25, -0.2) is 0 Å². The second kappa shape index (κ2) is 7.40. The predicted molar refractivity (Wildman–Crippen MR) is 75.2 cm³/mol. The summed E-state index contributed by atoms with van der Waals surface area (Å²) in [5.41, 5.74) is 6.56. The molecule has 114 valence electrons. The number of hydrogen-bond donors (Lipinski definition) is 2. The lowest BCUT2D eigenvalue weighted by atomic mass is 9.99. The van der Waals surface area contributed by atoms with Crippen LogP contribution in [0.15, 0.2) is 28.7 Å². The third kappa shape index (κ3) is 5.05. The van der Waals surface area contributed by atoms with Gasteiger partial charge < -0.3 is 10.8 Å². The molecule has 20 heavy (non-hydrogen) atoms. The quantitative estimate of drug-likeness (QED) is 0.825. The van der Waals surface area contributed by atoms with Crippen molar-refractivity contribution in [2.24, 2.45) is 5.73 Å².